The molecule has 150 valence electrons. The van der Waals surface area contributed by atoms with Gasteiger partial charge in [0.1, 0.15) is 18.0 Å². The van der Waals surface area contributed by atoms with E-state index in [2.05, 4.69) is 0 Å². The molecule has 3 aromatic carbocycles. The van der Waals surface area contributed by atoms with Gasteiger partial charge in [0.25, 0.3) is 0 Å². The second kappa shape index (κ2) is 8.84. The summed E-state index contributed by atoms with van der Waals surface area (Å²) < 4.78 is 24.0. The maximum absolute atomic E-state index is 12.9. The molecular formula is C24H23FO4. The minimum atomic E-state index is -0.243. The summed E-state index contributed by atoms with van der Waals surface area (Å²) in [5.41, 5.74) is 6.36. The fraction of sp³-hybridized carbons (Fsp3) is 0.250. The standard InChI is InChI=1S/C15H13FO2.C9H10O2/c16-13-4-2-11(3-5-13)15-14-6-1-10(8-17)7-12(14)9-18-15;10-5-9-8-4-2-1-3-7(8)6-11-9/h1-7,15,17H,8-9H2;1-4,9-10H,5-6H2. The summed E-state index contributed by atoms with van der Waals surface area (Å²) in [7, 11) is 0. The highest BCUT2D eigenvalue weighted by Crippen LogP contribution is 2.36. The molecule has 2 aliphatic rings. The summed E-state index contributed by atoms with van der Waals surface area (Å²) in [5.74, 6) is -0.243. The van der Waals surface area contributed by atoms with E-state index in [1.54, 1.807) is 12.1 Å². The molecule has 2 atom stereocenters. The highest BCUT2D eigenvalue weighted by molar-refractivity contribution is 5.40. The predicted octanol–water partition coefficient (Wildman–Crippen LogP) is 4.19. The molecule has 2 unspecified atom stereocenters. The van der Waals surface area contributed by atoms with E-state index < -0.39 is 0 Å². The Hall–Kier alpha value is -2.57. The minimum Gasteiger partial charge on any atom is -0.393 e. The van der Waals surface area contributed by atoms with Gasteiger partial charge in [0, 0.05) is 0 Å². The Morgan fingerprint density at radius 2 is 1.59 bits per heavy atom. The van der Waals surface area contributed by atoms with E-state index in [-0.39, 0.29) is 31.2 Å². The van der Waals surface area contributed by atoms with Crippen LogP contribution in [0.15, 0.2) is 66.7 Å². The van der Waals surface area contributed by atoms with Crippen molar-refractivity contribution in [3.8, 4) is 0 Å². The van der Waals surface area contributed by atoms with E-state index in [0.717, 1.165) is 27.8 Å². The number of fused-ring (bicyclic) bond motifs is 2. The minimum absolute atomic E-state index is 0.0362. The van der Waals surface area contributed by atoms with Crippen molar-refractivity contribution in [3.63, 3.8) is 0 Å². The molecule has 0 aromatic heterocycles. The number of ether oxygens (including phenoxy) is 2. The van der Waals surface area contributed by atoms with Crippen LogP contribution in [-0.4, -0.2) is 16.8 Å². The fourth-order valence-electron chi connectivity index (χ4n) is 3.73. The number of hydrogen-bond acceptors (Lipinski definition) is 4. The van der Waals surface area contributed by atoms with Crippen LogP contribution in [0, 0.1) is 5.82 Å². The average Bonchev–Trinajstić information content (AvgIpc) is 3.38. The lowest BCUT2D eigenvalue weighted by Gasteiger charge is -2.11. The van der Waals surface area contributed by atoms with Crippen LogP contribution in [0.3, 0.4) is 0 Å². The molecule has 0 fully saturated rings. The Balaban J connectivity index is 0.000000159. The van der Waals surface area contributed by atoms with Crippen molar-refractivity contribution in [1.82, 2.24) is 0 Å². The number of aliphatic hydroxyl groups excluding tert-OH is 2. The first-order valence-electron chi connectivity index (χ1n) is 9.59. The van der Waals surface area contributed by atoms with E-state index in [4.69, 9.17) is 19.7 Å². The third-order valence-electron chi connectivity index (χ3n) is 5.26. The lowest BCUT2D eigenvalue weighted by Crippen LogP contribution is -2.00. The zero-order chi connectivity index (χ0) is 20.2. The van der Waals surface area contributed by atoms with E-state index in [1.165, 1.54) is 17.7 Å². The largest absolute Gasteiger partial charge is 0.393 e. The van der Waals surface area contributed by atoms with Gasteiger partial charge in [-0.3, -0.25) is 0 Å². The van der Waals surface area contributed by atoms with Gasteiger partial charge in [-0.15, -0.1) is 0 Å². The Labute approximate surface area is 169 Å². The van der Waals surface area contributed by atoms with E-state index >= 15 is 0 Å². The van der Waals surface area contributed by atoms with Crippen LogP contribution in [0.25, 0.3) is 0 Å². The molecule has 0 radical (unpaired) electrons. The molecule has 5 rings (SSSR count). The van der Waals surface area contributed by atoms with Crippen LogP contribution in [0.4, 0.5) is 4.39 Å². The van der Waals surface area contributed by atoms with Gasteiger partial charge in [-0.1, -0.05) is 54.6 Å². The second-order valence-corrected chi connectivity index (χ2v) is 7.11. The van der Waals surface area contributed by atoms with Gasteiger partial charge in [-0.05, 0) is 45.5 Å². The Bertz CT molecular complexity index is 971. The second-order valence-electron chi connectivity index (χ2n) is 7.11. The van der Waals surface area contributed by atoms with Gasteiger partial charge >= 0.3 is 0 Å². The highest BCUT2D eigenvalue weighted by atomic mass is 19.1. The first-order valence-corrected chi connectivity index (χ1v) is 9.59. The Morgan fingerprint density at radius 3 is 2.34 bits per heavy atom. The highest BCUT2D eigenvalue weighted by Gasteiger charge is 2.25. The molecule has 4 nitrogen and oxygen atoms in total. The van der Waals surface area contributed by atoms with Crippen LogP contribution in [-0.2, 0) is 29.3 Å². The summed E-state index contributed by atoms with van der Waals surface area (Å²) in [6.45, 7) is 1.29. The lowest BCUT2D eigenvalue weighted by atomic mass is 9.98. The van der Waals surface area contributed by atoms with Crippen molar-refractivity contribution in [2.75, 3.05) is 6.61 Å². The molecule has 0 bridgehead atoms. The number of halogens is 1. The van der Waals surface area contributed by atoms with Crippen molar-refractivity contribution in [2.24, 2.45) is 0 Å². The molecule has 0 saturated carbocycles. The number of benzene rings is 3. The average molecular weight is 394 g/mol. The van der Waals surface area contributed by atoms with Crippen molar-refractivity contribution in [1.29, 1.82) is 0 Å². The molecule has 0 spiro atoms. The number of hydrogen-bond donors (Lipinski definition) is 2. The van der Waals surface area contributed by atoms with E-state index in [0.29, 0.717) is 13.2 Å². The van der Waals surface area contributed by atoms with Crippen molar-refractivity contribution < 1.29 is 24.1 Å². The molecule has 29 heavy (non-hydrogen) atoms. The van der Waals surface area contributed by atoms with Crippen LogP contribution in [0.5, 0.6) is 0 Å². The maximum atomic E-state index is 12.9. The maximum Gasteiger partial charge on any atom is 0.123 e. The first kappa shape index (κ1) is 19.7. The first-order chi connectivity index (χ1) is 14.2. The van der Waals surface area contributed by atoms with Gasteiger partial charge in [0.05, 0.1) is 26.4 Å². The van der Waals surface area contributed by atoms with Crippen LogP contribution >= 0.6 is 0 Å². The Kier molecular flexibility index (Phi) is 6.02. The smallest absolute Gasteiger partial charge is 0.123 e. The molecule has 2 N–H and O–H groups in total. The van der Waals surface area contributed by atoms with Gasteiger partial charge in [0.15, 0.2) is 0 Å². The van der Waals surface area contributed by atoms with Crippen molar-refractivity contribution in [3.05, 3.63) is 106 Å². The van der Waals surface area contributed by atoms with E-state index in [1.807, 2.05) is 42.5 Å². The summed E-state index contributed by atoms with van der Waals surface area (Å²) >= 11 is 0. The molecule has 0 saturated heterocycles. The molecule has 0 amide bonds. The monoisotopic (exact) mass is 394 g/mol. The van der Waals surface area contributed by atoms with Gasteiger partial charge < -0.3 is 19.7 Å². The number of rotatable bonds is 3. The number of aliphatic hydroxyl groups is 2. The lowest BCUT2D eigenvalue weighted by molar-refractivity contribution is 0.0234. The summed E-state index contributed by atoms with van der Waals surface area (Å²) in [6, 6.07) is 20.2. The zero-order valence-corrected chi connectivity index (χ0v) is 15.9. The third-order valence-corrected chi connectivity index (χ3v) is 5.26. The predicted molar refractivity (Wildman–Crippen MR) is 106 cm³/mol. The summed E-state index contributed by atoms with van der Waals surface area (Å²) in [6.07, 6.45) is -0.223. The SMILES string of the molecule is OCC1OCc2ccccc21.OCc1ccc2c(c1)COC2c1ccc(F)cc1. The van der Waals surface area contributed by atoms with Crippen LogP contribution in [0.2, 0.25) is 0 Å². The molecular weight excluding hydrogens is 371 g/mol. The quantitative estimate of drug-likeness (QED) is 0.700. The zero-order valence-electron chi connectivity index (χ0n) is 15.9. The fourth-order valence-corrected chi connectivity index (χ4v) is 3.73. The molecule has 2 heterocycles. The van der Waals surface area contributed by atoms with Crippen molar-refractivity contribution >= 4 is 0 Å². The normalized spacial score (nSPS) is 19.3. The topological polar surface area (TPSA) is 58.9 Å². The van der Waals surface area contributed by atoms with E-state index in [9.17, 15) is 4.39 Å². The molecule has 3 aromatic rings. The Morgan fingerprint density at radius 1 is 0.828 bits per heavy atom. The van der Waals surface area contributed by atoms with Crippen molar-refractivity contribution in [2.45, 2.75) is 32.0 Å². The summed E-state index contributed by atoms with van der Waals surface area (Å²) in [4.78, 5) is 0. The van der Waals surface area contributed by atoms with Crippen LogP contribution in [0.1, 0.15) is 45.6 Å². The van der Waals surface area contributed by atoms with Crippen LogP contribution < -0.4 is 0 Å². The van der Waals surface area contributed by atoms with Gasteiger partial charge in [-0.2, -0.15) is 0 Å². The molecule has 0 aliphatic carbocycles. The summed E-state index contributed by atoms with van der Waals surface area (Å²) in [5, 5.41) is 18.0. The third kappa shape index (κ3) is 4.23. The molecule has 2 aliphatic heterocycles. The van der Waals surface area contributed by atoms with Gasteiger partial charge in [-0.25, -0.2) is 4.39 Å². The molecule has 5 heteroatoms. The van der Waals surface area contributed by atoms with Gasteiger partial charge in [0.2, 0.25) is 0 Å².